The highest BCUT2D eigenvalue weighted by Crippen LogP contribution is 2.22. The summed E-state index contributed by atoms with van der Waals surface area (Å²) in [6.07, 6.45) is 3.82. The minimum Gasteiger partial charge on any atom is -0.314 e. The Kier molecular flexibility index (Phi) is 8.24. The van der Waals surface area contributed by atoms with Crippen molar-refractivity contribution in [1.82, 2.24) is 5.32 Å². The Morgan fingerprint density at radius 2 is 1.79 bits per heavy atom. The van der Waals surface area contributed by atoms with Crippen LogP contribution in [0.15, 0.2) is 29.2 Å². The molecule has 1 unspecified atom stereocenters. The quantitative estimate of drug-likeness (QED) is 0.500. The van der Waals surface area contributed by atoms with Crippen molar-refractivity contribution in [2.45, 2.75) is 63.8 Å². The average molecular weight is 279 g/mol. The Labute approximate surface area is 123 Å². The minimum atomic E-state index is 0.629. The molecular weight excluding hydrogens is 250 g/mol. The third-order valence-corrected chi connectivity index (χ3v) is 4.60. The Hall–Kier alpha value is -0.470. The van der Waals surface area contributed by atoms with Gasteiger partial charge in [-0.05, 0) is 55.2 Å². The van der Waals surface area contributed by atoms with Crippen LogP contribution in [0.2, 0.25) is 0 Å². The molecule has 0 aliphatic heterocycles. The van der Waals surface area contributed by atoms with Gasteiger partial charge in [-0.15, -0.1) is 11.8 Å². The number of nitrogens with one attached hydrogen (secondary N) is 1. The van der Waals surface area contributed by atoms with Crippen molar-refractivity contribution in [3.8, 4) is 0 Å². The van der Waals surface area contributed by atoms with Gasteiger partial charge in [-0.1, -0.05) is 39.8 Å². The molecule has 19 heavy (non-hydrogen) atoms. The van der Waals surface area contributed by atoms with Gasteiger partial charge in [0.1, 0.15) is 0 Å². The van der Waals surface area contributed by atoms with Gasteiger partial charge >= 0.3 is 0 Å². The van der Waals surface area contributed by atoms with Crippen LogP contribution in [0.3, 0.4) is 0 Å². The number of hydrogen-bond acceptors (Lipinski definition) is 2. The van der Waals surface area contributed by atoms with Crippen LogP contribution in [0, 0.1) is 0 Å². The zero-order valence-corrected chi connectivity index (χ0v) is 13.7. The topological polar surface area (TPSA) is 12.0 Å². The maximum absolute atomic E-state index is 3.54. The average Bonchev–Trinajstić information content (AvgIpc) is 2.42. The van der Waals surface area contributed by atoms with Gasteiger partial charge in [-0.3, -0.25) is 0 Å². The minimum absolute atomic E-state index is 0.629. The lowest BCUT2D eigenvalue weighted by atomic mass is 10.0. The first-order valence-electron chi connectivity index (χ1n) is 7.63. The molecule has 1 rings (SSSR count). The molecule has 0 saturated heterocycles. The second-order valence-corrected chi connectivity index (χ2v) is 6.55. The zero-order valence-electron chi connectivity index (χ0n) is 12.9. The molecule has 0 amide bonds. The smallest absolute Gasteiger partial charge is 0.00721 e. The predicted octanol–water partition coefficient (Wildman–Crippen LogP) is 5.07. The molecule has 1 atom stereocenters. The maximum atomic E-state index is 3.54. The van der Waals surface area contributed by atoms with E-state index in [4.69, 9.17) is 0 Å². The van der Waals surface area contributed by atoms with Crippen molar-refractivity contribution in [3.63, 3.8) is 0 Å². The fourth-order valence-corrected chi connectivity index (χ4v) is 3.08. The second kappa shape index (κ2) is 9.44. The van der Waals surface area contributed by atoms with Gasteiger partial charge in [0, 0.05) is 10.9 Å². The first-order valence-corrected chi connectivity index (χ1v) is 8.62. The van der Waals surface area contributed by atoms with E-state index >= 15 is 0 Å². The lowest BCUT2D eigenvalue weighted by Crippen LogP contribution is -2.28. The third-order valence-electron chi connectivity index (χ3n) is 3.50. The summed E-state index contributed by atoms with van der Waals surface area (Å²) in [6.45, 7) is 10.0. The van der Waals surface area contributed by atoms with Crippen molar-refractivity contribution in [1.29, 1.82) is 0 Å². The molecule has 0 saturated carbocycles. The molecule has 0 spiro atoms. The second-order valence-electron chi connectivity index (χ2n) is 5.38. The van der Waals surface area contributed by atoms with Gasteiger partial charge < -0.3 is 5.32 Å². The summed E-state index contributed by atoms with van der Waals surface area (Å²) in [5.74, 6) is 1.85. The molecule has 0 bridgehead atoms. The predicted molar refractivity (Wildman–Crippen MR) is 88.2 cm³/mol. The van der Waals surface area contributed by atoms with Crippen LogP contribution in [0.1, 0.15) is 58.4 Å². The Morgan fingerprint density at radius 3 is 2.32 bits per heavy atom. The maximum Gasteiger partial charge on any atom is 0.00721 e. The highest BCUT2D eigenvalue weighted by atomic mass is 32.2. The van der Waals surface area contributed by atoms with E-state index in [9.17, 15) is 0 Å². The fraction of sp³-hybridized carbons (Fsp3) is 0.647. The molecular formula is C17H29NS. The highest BCUT2D eigenvalue weighted by Gasteiger charge is 2.04. The highest BCUT2D eigenvalue weighted by molar-refractivity contribution is 7.99. The molecule has 108 valence electrons. The van der Waals surface area contributed by atoms with Crippen molar-refractivity contribution in [2.24, 2.45) is 0 Å². The summed E-state index contributed by atoms with van der Waals surface area (Å²) >= 11 is 1.98. The van der Waals surface area contributed by atoms with E-state index < -0.39 is 0 Å². The van der Waals surface area contributed by atoms with Crippen LogP contribution in [-0.4, -0.2) is 18.3 Å². The summed E-state index contributed by atoms with van der Waals surface area (Å²) in [7, 11) is 0. The van der Waals surface area contributed by atoms with E-state index in [1.807, 2.05) is 11.8 Å². The van der Waals surface area contributed by atoms with Gasteiger partial charge in [-0.25, -0.2) is 0 Å². The molecule has 0 fully saturated rings. The molecule has 0 radical (unpaired) electrons. The number of rotatable bonds is 9. The summed E-state index contributed by atoms with van der Waals surface area (Å²) in [6, 6.07) is 9.76. The van der Waals surface area contributed by atoms with Crippen LogP contribution in [0.25, 0.3) is 0 Å². The summed E-state index contributed by atoms with van der Waals surface area (Å²) < 4.78 is 0. The van der Waals surface area contributed by atoms with Gasteiger partial charge in [-0.2, -0.15) is 0 Å². The lowest BCUT2D eigenvalue weighted by molar-refractivity contribution is 0.477. The normalized spacial score (nSPS) is 12.9. The van der Waals surface area contributed by atoms with E-state index in [0.717, 1.165) is 6.54 Å². The van der Waals surface area contributed by atoms with E-state index in [1.165, 1.54) is 35.5 Å². The van der Waals surface area contributed by atoms with Crippen LogP contribution in [-0.2, 0) is 0 Å². The van der Waals surface area contributed by atoms with Gasteiger partial charge in [0.15, 0.2) is 0 Å². The van der Waals surface area contributed by atoms with Gasteiger partial charge in [0.05, 0.1) is 0 Å². The van der Waals surface area contributed by atoms with E-state index in [2.05, 4.69) is 57.3 Å². The first kappa shape index (κ1) is 16.6. The molecule has 1 N–H and O–H groups in total. The largest absolute Gasteiger partial charge is 0.314 e. The summed E-state index contributed by atoms with van der Waals surface area (Å²) in [5.41, 5.74) is 1.43. The molecule has 2 heteroatoms. The first-order chi connectivity index (χ1) is 9.17. The molecule has 1 nitrogen and oxygen atoms in total. The van der Waals surface area contributed by atoms with Crippen LogP contribution in [0.4, 0.5) is 0 Å². The Bertz CT molecular complexity index is 332. The van der Waals surface area contributed by atoms with Crippen LogP contribution >= 0.6 is 11.8 Å². The van der Waals surface area contributed by atoms with Gasteiger partial charge in [0.25, 0.3) is 0 Å². The van der Waals surface area contributed by atoms with Crippen molar-refractivity contribution in [2.75, 3.05) is 12.3 Å². The van der Waals surface area contributed by atoms with Crippen LogP contribution in [0.5, 0.6) is 0 Å². The Balaban J connectivity index is 2.25. The molecule has 1 aromatic rings. The fourth-order valence-electron chi connectivity index (χ4n) is 2.21. The third kappa shape index (κ3) is 6.49. The van der Waals surface area contributed by atoms with E-state index in [0.29, 0.717) is 12.0 Å². The molecule has 0 aromatic heterocycles. The molecule has 1 aromatic carbocycles. The van der Waals surface area contributed by atoms with E-state index in [1.54, 1.807) is 0 Å². The lowest BCUT2D eigenvalue weighted by Gasteiger charge is -2.15. The molecule has 0 heterocycles. The standard InChI is InChI=1S/C17H29NS/c1-5-16(18-6-2)8-7-13-19-17-11-9-15(10-12-17)14(3)4/h9-12,14,16,18H,5-8,13H2,1-4H3. The van der Waals surface area contributed by atoms with Crippen molar-refractivity contribution in [3.05, 3.63) is 29.8 Å². The molecule has 0 aliphatic rings. The van der Waals surface area contributed by atoms with E-state index in [-0.39, 0.29) is 0 Å². The number of hydrogen-bond donors (Lipinski definition) is 1. The summed E-state index contributed by atoms with van der Waals surface area (Å²) in [5, 5.41) is 3.54. The van der Waals surface area contributed by atoms with Crippen molar-refractivity contribution >= 4 is 11.8 Å². The Morgan fingerprint density at radius 1 is 1.11 bits per heavy atom. The molecule has 0 aliphatic carbocycles. The SMILES string of the molecule is CCNC(CC)CCCSc1ccc(C(C)C)cc1. The van der Waals surface area contributed by atoms with Crippen molar-refractivity contribution < 1.29 is 0 Å². The number of benzene rings is 1. The van der Waals surface area contributed by atoms with Gasteiger partial charge in [0.2, 0.25) is 0 Å². The number of thioether (sulfide) groups is 1. The summed E-state index contributed by atoms with van der Waals surface area (Å²) in [4.78, 5) is 1.40. The zero-order chi connectivity index (χ0) is 14.1. The van der Waals surface area contributed by atoms with Crippen LogP contribution < -0.4 is 5.32 Å². The monoisotopic (exact) mass is 279 g/mol.